The van der Waals surface area contributed by atoms with Gasteiger partial charge in [-0.1, -0.05) is 13.8 Å². The molecule has 0 aliphatic heterocycles. The van der Waals surface area contributed by atoms with E-state index in [-0.39, 0.29) is 24.9 Å². The van der Waals surface area contributed by atoms with E-state index in [2.05, 4.69) is 4.74 Å². The topological polar surface area (TPSA) is 72.5 Å². The highest BCUT2D eigenvalue weighted by atomic mass is 35.5. The zero-order valence-electron chi connectivity index (χ0n) is 8.19. The third kappa shape index (κ3) is 5.08. The fraction of sp³-hybridized carbons (Fsp3) is 0.875. The Balaban J connectivity index is 0. The van der Waals surface area contributed by atoms with Crippen molar-refractivity contribution >= 4 is 18.4 Å². The Bertz CT molecular complexity index is 152. The van der Waals surface area contributed by atoms with Gasteiger partial charge in [-0.15, -0.1) is 12.4 Å². The number of esters is 1. The summed E-state index contributed by atoms with van der Waals surface area (Å²) < 4.78 is 4.61. The van der Waals surface area contributed by atoms with E-state index in [0.29, 0.717) is 0 Å². The van der Waals surface area contributed by atoms with E-state index >= 15 is 0 Å². The van der Waals surface area contributed by atoms with Crippen LogP contribution in [0.1, 0.15) is 20.8 Å². The van der Waals surface area contributed by atoms with E-state index in [1.54, 1.807) is 6.92 Å². The number of aliphatic hydroxyl groups is 1. The number of hydrogen-bond donors (Lipinski definition) is 2. The first-order valence-corrected chi connectivity index (χ1v) is 4.11. The van der Waals surface area contributed by atoms with Gasteiger partial charge in [0.1, 0.15) is 0 Å². The van der Waals surface area contributed by atoms with Gasteiger partial charge < -0.3 is 15.6 Å². The average molecular weight is 212 g/mol. The zero-order chi connectivity index (χ0) is 9.72. The smallest absolute Gasteiger partial charge is 0.336 e. The van der Waals surface area contributed by atoms with Crippen molar-refractivity contribution in [3.63, 3.8) is 0 Å². The van der Waals surface area contributed by atoms with Crippen LogP contribution in [0.2, 0.25) is 0 Å². The van der Waals surface area contributed by atoms with Gasteiger partial charge in [0.05, 0.1) is 6.61 Å². The van der Waals surface area contributed by atoms with Crippen molar-refractivity contribution in [1.29, 1.82) is 0 Å². The summed E-state index contributed by atoms with van der Waals surface area (Å²) in [5.41, 5.74) is 5.54. The second kappa shape index (κ2) is 7.12. The average Bonchev–Trinajstić information content (AvgIpc) is 2.02. The molecule has 0 aliphatic rings. The van der Waals surface area contributed by atoms with Crippen molar-refractivity contribution < 1.29 is 14.6 Å². The summed E-state index contributed by atoms with van der Waals surface area (Å²) in [5, 5.41) is 9.29. The van der Waals surface area contributed by atoms with Gasteiger partial charge in [-0.25, -0.2) is 4.79 Å². The Morgan fingerprint density at radius 1 is 1.54 bits per heavy atom. The van der Waals surface area contributed by atoms with E-state index < -0.39 is 18.1 Å². The van der Waals surface area contributed by atoms with E-state index in [1.165, 1.54) is 0 Å². The lowest BCUT2D eigenvalue weighted by molar-refractivity contribution is -0.154. The highest BCUT2D eigenvalue weighted by Gasteiger charge is 2.26. The summed E-state index contributed by atoms with van der Waals surface area (Å²) in [4.78, 5) is 10.9. The van der Waals surface area contributed by atoms with E-state index in [1.807, 2.05) is 13.8 Å². The summed E-state index contributed by atoms with van der Waals surface area (Å²) in [6, 6.07) is -0.552. The molecule has 3 N–H and O–H groups in total. The summed E-state index contributed by atoms with van der Waals surface area (Å²) in [6.45, 7) is 5.63. The summed E-state index contributed by atoms with van der Waals surface area (Å²) in [6.07, 6.45) is -1.20. The van der Waals surface area contributed by atoms with Gasteiger partial charge in [0.2, 0.25) is 0 Å². The molecule has 4 nitrogen and oxygen atoms in total. The highest BCUT2D eigenvalue weighted by Crippen LogP contribution is 2.04. The molecule has 80 valence electrons. The standard InChI is InChI=1S/C8H17NO3.ClH/c1-4-12-8(11)7(10)6(9)5(2)3;/h5-7,10H,4,9H2,1-3H3;1H. The molecule has 0 aromatic carbocycles. The minimum absolute atomic E-state index is 0. The van der Waals surface area contributed by atoms with Crippen LogP contribution in [0.4, 0.5) is 0 Å². The summed E-state index contributed by atoms with van der Waals surface area (Å²) in [7, 11) is 0. The predicted molar refractivity (Wildman–Crippen MR) is 52.7 cm³/mol. The molecule has 0 aromatic heterocycles. The Hall–Kier alpha value is -0.320. The molecule has 13 heavy (non-hydrogen) atoms. The minimum Gasteiger partial charge on any atom is -0.464 e. The molecule has 5 heteroatoms. The Kier molecular flexibility index (Phi) is 8.30. The highest BCUT2D eigenvalue weighted by molar-refractivity contribution is 5.85. The van der Waals surface area contributed by atoms with Crippen LogP contribution < -0.4 is 5.73 Å². The first-order valence-electron chi connectivity index (χ1n) is 4.11. The van der Waals surface area contributed by atoms with Crippen LogP contribution in [0.15, 0.2) is 0 Å². The molecule has 2 atom stereocenters. The molecule has 0 spiro atoms. The normalized spacial score (nSPS) is 14.6. The Morgan fingerprint density at radius 3 is 2.31 bits per heavy atom. The van der Waals surface area contributed by atoms with Gasteiger partial charge in [-0.2, -0.15) is 0 Å². The fourth-order valence-electron chi connectivity index (χ4n) is 0.749. The number of ether oxygens (including phenoxy) is 1. The first-order chi connectivity index (χ1) is 5.50. The van der Waals surface area contributed by atoms with Crippen LogP contribution in [0.3, 0.4) is 0 Å². The van der Waals surface area contributed by atoms with Crippen LogP contribution in [-0.2, 0) is 9.53 Å². The maximum Gasteiger partial charge on any atom is 0.336 e. The van der Waals surface area contributed by atoms with Crippen molar-refractivity contribution in [3.8, 4) is 0 Å². The second-order valence-electron chi connectivity index (χ2n) is 3.02. The molecule has 0 amide bonds. The molecule has 0 radical (unpaired) electrons. The monoisotopic (exact) mass is 211 g/mol. The molecule has 0 heterocycles. The number of carbonyl (C=O) groups excluding carboxylic acids is 1. The minimum atomic E-state index is -1.20. The van der Waals surface area contributed by atoms with Gasteiger partial charge >= 0.3 is 5.97 Å². The fourth-order valence-corrected chi connectivity index (χ4v) is 0.749. The summed E-state index contributed by atoms with van der Waals surface area (Å²) >= 11 is 0. The maximum absolute atomic E-state index is 10.9. The molecule has 0 aromatic rings. The molecule has 0 saturated carbocycles. The maximum atomic E-state index is 10.9. The van der Waals surface area contributed by atoms with Crippen molar-refractivity contribution in [2.45, 2.75) is 32.9 Å². The Morgan fingerprint density at radius 2 is 2.00 bits per heavy atom. The lowest BCUT2D eigenvalue weighted by atomic mass is 10.00. The lowest BCUT2D eigenvalue weighted by Crippen LogP contribution is -2.44. The van der Waals surface area contributed by atoms with E-state index in [0.717, 1.165) is 0 Å². The van der Waals surface area contributed by atoms with Crippen molar-refractivity contribution in [2.75, 3.05) is 6.61 Å². The zero-order valence-corrected chi connectivity index (χ0v) is 9.00. The number of aliphatic hydroxyl groups excluding tert-OH is 1. The molecule has 0 fully saturated rings. The number of nitrogens with two attached hydrogens (primary N) is 1. The van der Waals surface area contributed by atoms with Gasteiger partial charge in [0, 0.05) is 6.04 Å². The van der Waals surface area contributed by atoms with E-state index in [9.17, 15) is 9.90 Å². The molecular weight excluding hydrogens is 194 g/mol. The molecular formula is C8H18ClNO3. The third-order valence-electron chi connectivity index (χ3n) is 1.66. The molecule has 0 rings (SSSR count). The molecule has 2 unspecified atom stereocenters. The van der Waals surface area contributed by atoms with E-state index in [4.69, 9.17) is 5.73 Å². The van der Waals surface area contributed by atoms with Gasteiger partial charge in [0.25, 0.3) is 0 Å². The van der Waals surface area contributed by atoms with Gasteiger partial charge in [0.15, 0.2) is 6.10 Å². The SMILES string of the molecule is CCOC(=O)C(O)C(N)C(C)C.Cl. The lowest BCUT2D eigenvalue weighted by Gasteiger charge is -2.20. The second-order valence-corrected chi connectivity index (χ2v) is 3.02. The quantitative estimate of drug-likeness (QED) is 0.657. The number of halogens is 1. The van der Waals surface area contributed by atoms with Crippen molar-refractivity contribution in [1.82, 2.24) is 0 Å². The Labute approximate surface area is 84.9 Å². The van der Waals surface area contributed by atoms with Crippen LogP contribution in [0.25, 0.3) is 0 Å². The number of hydrogen-bond acceptors (Lipinski definition) is 4. The molecule has 0 aliphatic carbocycles. The molecule has 0 saturated heterocycles. The number of rotatable bonds is 4. The van der Waals surface area contributed by atoms with Crippen LogP contribution in [0, 0.1) is 5.92 Å². The molecule has 0 bridgehead atoms. The van der Waals surface area contributed by atoms with Gasteiger partial charge in [-0.05, 0) is 12.8 Å². The van der Waals surface area contributed by atoms with Gasteiger partial charge in [-0.3, -0.25) is 0 Å². The largest absolute Gasteiger partial charge is 0.464 e. The van der Waals surface area contributed by atoms with Crippen LogP contribution in [0.5, 0.6) is 0 Å². The van der Waals surface area contributed by atoms with Crippen molar-refractivity contribution in [2.24, 2.45) is 11.7 Å². The summed E-state index contributed by atoms with van der Waals surface area (Å²) in [5.74, 6) is -0.580. The van der Waals surface area contributed by atoms with Crippen LogP contribution in [-0.4, -0.2) is 29.8 Å². The predicted octanol–water partition coefficient (Wildman–Crippen LogP) is 0.315. The number of carbonyl (C=O) groups is 1. The van der Waals surface area contributed by atoms with Crippen LogP contribution >= 0.6 is 12.4 Å². The first kappa shape index (κ1) is 15.2. The third-order valence-corrected chi connectivity index (χ3v) is 1.66. The van der Waals surface area contributed by atoms with Crippen molar-refractivity contribution in [3.05, 3.63) is 0 Å².